The van der Waals surface area contributed by atoms with E-state index in [-0.39, 0.29) is 50.1 Å². The Morgan fingerprint density at radius 3 is 0.717 bits per heavy atom. The van der Waals surface area contributed by atoms with Crippen LogP contribution in [0.25, 0.3) is 0 Å². The molecule has 24 nitrogen and oxygen atoms in total. The van der Waals surface area contributed by atoms with Crippen molar-refractivity contribution >= 4 is 53.7 Å². The minimum absolute atomic E-state index is 0.00348. The summed E-state index contributed by atoms with van der Waals surface area (Å²) in [6.07, 6.45) is -28.4. The van der Waals surface area contributed by atoms with Crippen LogP contribution < -0.4 is 0 Å². The minimum Gasteiger partial charge on any atom is -0.459 e. The third-order valence-corrected chi connectivity index (χ3v) is 17.3. The highest BCUT2D eigenvalue weighted by molar-refractivity contribution is 5.94. The molecule has 12 rings (SSSR count). The van der Waals surface area contributed by atoms with Crippen molar-refractivity contribution in [2.45, 2.75) is 99.0 Å². The second kappa shape index (κ2) is 35.4. The lowest BCUT2D eigenvalue weighted by Crippen LogP contribution is -2.68. The van der Waals surface area contributed by atoms with E-state index in [2.05, 4.69) is 0 Å². The van der Waals surface area contributed by atoms with Crippen LogP contribution >= 0.6 is 0 Å². The summed E-state index contributed by atoms with van der Waals surface area (Å²) >= 11 is 0. The lowest BCUT2D eigenvalue weighted by molar-refractivity contribution is -0.385. The summed E-state index contributed by atoms with van der Waals surface area (Å²) in [7, 11) is 1.22. The topological polar surface area (TPSA) is 292 Å². The highest BCUT2D eigenvalue weighted by Gasteiger charge is 2.60. The number of ether oxygens (including phenoxy) is 15. The number of hydrogen-bond donors (Lipinski definition) is 0. The first-order chi connectivity index (χ1) is 51.7. The second-order valence-electron chi connectivity index (χ2n) is 24.3. The maximum atomic E-state index is 15.0. The van der Waals surface area contributed by atoms with Crippen LogP contribution in [0.4, 0.5) is 0 Å². The van der Waals surface area contributed by atoms with Crippen LogP contribution in [0.1, 0.15) is 100 Å². The summed E-state index contributed by atoms with van der Waals surface area (Å²) in [6, 6.07) is 69.3. The van der Waals surface area contributed by atoms with E-state index >= 15 is 0 Å². The predicted octanol–water partition coefficient (Wildman–Crippen LogP) is 10.9. The number of rotatable bonds is 25. The van der Waals surface area contributed by atoms with Gasteiger partial charge in [0.2, 0.25) is 0 Å². The largest absolute Gasteiger partial charge is 0.459 e. The van der Waals surface area contributed by atoms with Crippen molar-refractivity contribution in [3.8, 4) is 0 Å². The van der Waals surface area contributed by atoms with Crippen molar-refractivity contribution in [2.75, 3.05) is 20.3 Å². The number of hydrogen-bond acceptors (Lipinski definition) is 24. The van der Waals surface area contributed by atoms with Gasteiger partial charge in [-0.25, -0.2) is 43.2 Å². The molecule has 542 valence electrons. The van der Waals surface area contributed by atoms with Crippen LogP contribution in [0.2, 0.25) is 0 Å². The Kier molecular flexibility index (Phi) is 24.6. The SMILES string of the molecule is CO[C@H]1O[C@H](C)[C@@H](OC(=O)c2ccccc2)[C@H](O[C@H]2O[C@@H](COC(=O)c3ccccc3)[C@@H](OC(=O)c3ccccc3)[C@@H](OC(=O)c3ccccc3)[C@@H]2OC(=O)c2ccccc2)[C@H]1O[C@@H]1O[C@H](COC(=O)c2ccccc2)[C@@H](OC(=O)c2ccccc2)[C@@H](OC(=O)c2ccccc2)[C@@H]1OC(=O)c1ccccc1. The van der Waals surface area contributed by atoms with Crippen molar-refractivity contribution in [2.24, 2.45) is 0 Å². The first-order valence-corrected chi connectivity index (χ1v) is 33.7. The maximum absolute atomic E-state index is 15.0. The molecule has 3 aliphatic heterocycles. The zero-order valence-corrected chi connectivity index (χ0v) is 56.9. The van der Waals surface area contributed by atoms with Crippen LogP contribution in [-0.2, 0) is 71.1 Å². The van der Waals surface area contributed by atoms with Gasteiger partial charge in [-0.15, -0.1) is 0 Å². The number of carbonyl (C=O) groups is 9. The molecule has 0 aromatic heterocycles. The standard InChI is InChI=1S/C82H70O24/c1-50-62(98-73(85)53-34-16-5-17-35-53)65(105-81-69(103-78(90)58-44-26-10-27-45-58)66(101-76(88)56-40-22-8-23-41-56)63(99-74(86)54-36-18-6-19-37-54)60(96-81)48-93-71(83)51-30-12-3-13-31-51)68(80(92-2)95-50)106-82-70(104-79(91)59-46-28-11-29-47-59)67(102-77(89)57-42-24-9-25-43-57)64(100-75(87)55-38-20-7-21-39-55)61(97-82)49-94-72(84)52-32-14-4-15-33-52/h3-47,50,60-70,80-82H,48-49H2,1-2H3/t50-,60+,61-,62-,63-,64-,65+,66-,67-,68-,69+,70+,80+,81-,82+/m1/s1. The van der Waals surface area contributed by atoms with Gasteiger partial charge in [0, 0.05) is 7.11 Å². The lowest BCUT2D eigenvalue weighted by Gasteiger charge is -2.50. The van der Waals surface area contributed by atoms with Crippen LogP contribution in [0.3, 0.4) is 0 Å². The van der Waals surface area contributed by atoms with Crippen molar-refractivity contribution in [3.05, 3.63) is 323 Å². The third kappa shape index (κ3) is 18.3. The quantitative estimate of drug-likeness (QED) is 0.0379. The number of methoxy groups -OCH3 is 1. The summed E-state index contributed by atoms with van der Waals surface area (Å²) in [4.78, 5) is 132. The molecule has 0 aliphatic carbocycles. The molecule has 0 bridgehead atoms. The summed E-state index contributed by atoms with van der Waals surface area (Å²) in [5.41, 5.74) is 0.0485. The van der Waals surface area contributed by atoms with Gasteiger partial charge in [0.1, 0.15) is 37.6 Å². The molecule has 106 heavy (non-hydrogen) atoms. The van der Waals surface area contributed by atoms with E-state index in [1.807, 2.05) is 0 Å². The minimum atomic E-state index is -2.17. The average Bonchev–Trinajstić information content (AvgIpc) is 0.496. The van der Waals surface area contributed by atoms with E-state index < -0.39 is 159 Å². The fourth-order valence-corrected chi connectivity index (χ4v) is 12.0. The van der Waals surface area contributed by atoms with Gasteiger partial charge in [0.25, 0.3) is 0 Å². The molecule has 0 radical (unpaired) electrons. The van der Waals surface area contributed by atoms with Gasteiger partial charge in [0.15, 0.2) is 61.6 Å². The van der Waals surface area contributed by atoms with Gasteiger partial charge in [0.05, 0.1) is 56.2 Å². The van der Waals surface area contributed by atoms with Crippen molar-refractivity contribution in [3.63, 3.8) is 0 Å². The molecule has 0 N–H and O–H groups in total. The Balaban J connectivity index is 1.03. The summed E-state index contributed by atoms with van der Waals surface area (Å²) in [6.45, 7) is -0.118. The zero-order valence-electron chi connectivity index (χ0n) is 56.9. The highest BCUT2D eigenvalue weighted by atomic mass is 16.8. The Morgan fingerprint density at radius 2 is 0.462 bits per heavy atom. The fraction of sp³-hybridized carbons (Fsp3) is 0.232. The van der Waals surface area contributed by atoms with Gasteiger partial charge in [-0.05, 0) is 116 Å². The molecule has 9 aromatic carbocycles. The molecule has 3 fully saturated rings. The lowest BCUT2D eigenvalue weighted by atomic mass is 9.95. The molecule has 15 atom stereocenters. The normalized spacial score (nSPS) is 23.9. The molecule has 24 heteroatoms. The summed E-state index contributed by atoms with van der Waals surface area (Å²) < 4.78 is 97.7. The molecule has 3 aliphatic rings. The molecule has 0 saturated carbocycles. The van der Waals surface area contributed by atoms with Gasteiger partial charge in [-0.3, -0.25) is 0 Å². The number of benzene rings is 9. The van der Waals surface area contributed by atoms with E-state index in [9.17, 15) is 43.2 Å². The molecule has 0 amide bonds. The van der Waals surface area contributed by atoms with Gasteiger partial charge in [-0.1, -0.05) is 164 Å². The summed E-state index contributed by atoms with van der Waals surface area (Å²) in [5, 5.41) is 0. The van der Waals surface area contributed by atoms with Gasteiger partial charge in [-0.2, -0.15) is 0 Å². The van der Waals surface area contributed by atoms with Crippen molar-refractivity contribution in [1.82, 2.24) is 0 Å². The van der Waals surface area contributed by atoms with Crippen LogP contribution in [-0.4, -0.2) is 166 Å². The fourth-order valence-electron chi connectivity index (χ4n) is 12.0. The summed E-state index contributed by atoms with van der Waals surface area (Å²) in [5.74, 6) is -8.97. The maximum Gasteiger partial charge on any atom is 0.338 e. The zero-order chi connectivity index (χ0) is 73.9. The van der Waals surface area contributed by atoms with Crippen LogP contribution in [0, 0.1) is 0 Å². The predicted molar refractivity (Wildman–Crippen MR) is 371 cm³/mol. The first-order valence-electron chi connectivity index (χ1n) is 33.7. The average molecular weight is 1440 g/mol. The Labute approximate surface area is 607 Å². The Bertz CT molecular complexity index is 4430. The molecule has 3 saturated heterocycles. The number of esters is 9. The van der Waals surface area contributed by atoms with E-state index in [1.54, 1.807) is 164 Å². The van der Waals surface area contributed by atoms with Crippen LogP contribution in [0.5, 0.6) is 0 Å². The van der Waals surface area contributed by atoms with Gasteiger partial charge >= 0.3 is 53.7 Å². The molecule has 9 aromatic rings. The van der Waals surface area contributed by atoms with E-state index in [0.29, 0.717) is 0 Å². The first kappa shape index (κ1) is 73.7. The molecule has 3 heterocycles. The second-order valence-corrected chi connectivity index (χ2v) is 24.3. The highest BCUT2D eigenvalue weighted by Crippen LogP contribution is 2.40. The van der Waals surface area contributed by atoms with E-state index in [4.69, 9.17) is 71.1 Å². The van der Waals surface area contributed by atoms with Crippen molar-refractivity contribution in [1.29, 1.82) is 0 Å². The number of carbonyl (C=O) groups excluding carboxylic acids is 9. The molecule has 0 spiro atoms. The van der Waals surface area contributed by atoms with Crippen LogP contribution in [0.15, 0.2) is 273 Å². The molecule has 0 unspecified atom stereocenters. The molecular weight excluding hydrogens is 1370 g/mol. The van der Waals surface area contributed by atoms with Crippen molar-refractivity contribution < 1.29 is 114 Å². The molecular formula is C82H70O24. The van der Waals surface area contributed by atoms with E-state index in [0.717, 1.165) is 0 Å². The monoisotopic (exact) mass is 1440 g/mol. The third-order valence-electron chi connectivity index (χ3n) is 17.3. The van der Waals surface area contributed by atoms with E-state index in [1.165, 1.54) is 123 Å². The smallest absolute Gasteiger partial charge is 0.338 e. The van der Waals surface area contributed by atoms with Gasteiger partial charge < -0.3 is 71.1 Å². The Hall–Kier alpha value is -12.0. The Morgan fingerprint density at radius 1 is 0.245 bits per heavy atom.